The predicted molar refractivity (Wildman–Crippen MR) is 96.1 cm³/mol. The first kappa shape index (κ1) is 18.0. The van der Waals surface area contributed by atoms with Gasteiger partial charge in [0.2, 0.25) is 0 Å². The standard InChI is InChI=1S/C17H19BrF2N4O/c18-14-3-1-13(2-4-14)11-22-5-7-23(8-6-22)15-9-17(25)24(21-10-15)12-16(19)20/h1-4,9-10,16H,5-8,11-12H2. The van der Waals surface area contributed by atoms with Crippen LogP contribution in [0.25, 0.3) is 0 Å². The molecule has 1 aliphatic rings. The van der Waals surface area contributed by atoms with Gasteiger partial charge in [-0.1, -0.05) is 28.1 Å². The number of rotatable bonds is 5. The summed E-state index contributed by atoms with van der Waals surface area (Å²) in [6.45, 7) is 3.51. The maximum atomic E-state index is 12.4. The molecular formula is C17H19BrF2N4O. The van der Waals surface area contributed by atoms with Crippen molar-refractivity contribution in [3.8, 4) is 0 Å². The molecule has 1 saturated heterocycles. The lowest BCUT2D eigenvalue weighted by Crippen LogP contribution is -2.46. The average molecular weight is 413 g/mol. The van der Waals surface area contributed by atoms with Gasteiger partial charge >= 0.3 is 0 Å². The molecule has 0 unspecified atom stereocenters. The van der Waals surface area contributed by atoms with Gasteiger partial charge in [0, 0.05) is 43.3 Å². The Labute approximate surface area is 153 Å². The molecule has 2 heterocycles. The molecule has 0 saturated carbocycles. The molecule has 134 valence electrons. The molecule has 1 aromatic carbocycles. The van der Waals surface area contributed by atoms with Crippen LogP contribution in [0.5, 0.6) is 0 Å². The van der Waals surface area contributed by atoms with Crippen LogP contribution >= 0.6 is 15.9 Å². The molecule has 0 spiro atoms. The largest absolute Gasteiger partial charge is 0.368 e. The monoisotopic (exact) mass is 412 g/mol. The molecule has 0 atom stereocenters. The number of benzene rings is 1. The molecule has 0 bridgehead atoms. The molecule has 1 aromatic heterocycles. The van der Waals surface area contributed by atoms with E-state index in [9.17, 15) is 13.6 Å². The van der Waals surface area contributed by atoms with E-state index in [0.717, 1.165) is 41.9 Å². The fraction of sp³-hybridized carbons (Fsp3) is 0.412. The summed E-state index contributed by atoms with van der Waals surface area (Å²) in [5.41, 5.74) is 1.46. The maximum Gasteiger partial charge on any atom is 0.269 e. The van der Waals surface area contributed by atoms with Gasteiger partial charge in [0.05, 0.1) is 11.9 Å². The lowest BCUT2D eigenvalue weighted by Gasteiger charge is -2.35. The van der Waals surface area contributed by atoms with Gasteiger partial charge in [-0.25, -0.2) is 13.5 Å². The number of piperazine rings is 1. The second-order valence-electron chi connectivity index (χ2n) is 6.01. The summed E-state index contributed by atoms with van der Waals surface area (Å²) in [6, 6.07) is 9.66. The second kappa shape index (κ2) is 8.05. The highest BCUT2D eigenvalue weighted by molar-refractivity contribution is 9.10. The Kier molecular flexibility index (Phi) is 5.80. The number of aromatic nitrogens is 2. The Hall–Kier alpha value is -1.80. The molecule has 0 N–H and O–H groups in total. The van der Waals surface area contributed by atoms with E-state index < -0.39 is 18.5 Å². The smallest absolute Gasteiger partial charge is 0.269 e. The van der Waals surface area contributed by atoms with Gasteiger partial charge in [0.25, 0.3) is 12.0 Å². The third-order valence-electron chi connectivity index (χ3n) is 4.22. The van der Waals surface area contributed by atoms with Crippen molar-refractivity contribution < 1.29 is 8.78 Å². The Bertz CT molecular complexity index is 758. The van der Waals surface area contributed by atoms with Crippen LogP contribution in [-0.4, -0.2) is 47.3 Å². The molecule has 5 nitrogen and oxygen atoms in total. The van der Waals surface area contributed by atoms with Gasteiger partial charge in [0.1, 0.15) is 6.54 Å². The fourth-order valence-electron chi connectivity index (χ4n) is 2.88. The molecule has 0 radical (unpaired) electrons. The van der Waals surface area contributed by atoms with E-state index in [1.165, 1.54) is 17.8 Å². The van der Waals surface area contributed by atoms with Gasteiger partial charge < -0.3 is 4.90 Å². The molecule has 0 amide bonds. The highest BCUT2D eigenvalue weighted by atomic mass is 79.9. The summed E-state index contributed by atoms with van der Waals surface area (Å²) in [5.74, 6) is 0. The SMILES string of the molecule is O=c1cc(N2CCN(Cc3ccc(Br)cc3)CC2)cnn1CC(F)F. The summed E-state index contributed by atoms with van der Waals surface area (Å²) < 4.78 is 26.6. The Balaban J connectivity index is 1.57. The number of nitrogens with zero attached hydrogens (tertiary/aromatic N) is 4. The van der Waals surface area contributed by atoms with Crippen LogP contribution in [0.4, 0.5) is 14.5 Å². The minimum absolute atomic E-state index is 0.491. The van der Waals surface area contributed by atoms with Crippen LogP contribution in [0.2, 0.25) is 0 Å². The van der Waals surface area contributed by atoms with Crippen molar-refractivity contribution in [1.82, 2.24) is 14.7 Å². The van der Waals surface area contributed by atoms with Crippen molar-refractivity contribution in [2.75, 3.05) is 31.1 Å². The van der Waals surface area contributed by atoms with Gasteiger partial charge in [0.15, 0.2) is 0 Å². The van der Waals surface area contributed by atoms with E-state index in [1.807, 2.05) is 12.1 Å². The summed E-state index contributed by atoms with van der Waals surface area (Å²) in [4.78, 5) is 16.3. The van der Waals surface area contributed by atoms with E-state index in [4.69, 9.17) is 0 Å². The van der Waals surface area contributed by atoms with Gasteiger partial charge in [-0.15, -0.1) is 0 Å². The predicted octanol–water partition coefficient (Wildman–Crippen LogP) is 2.59. The molecule has 25 heavy (non-hydrogen) atoms. The van der Waals surface area contributed by atoms with E-state index in [1.54, 1.807) is 0 Å². The maximum absolute atomic E-state index is 12.4. The van der Waals surface area contributed by atoms with Crippen molar-refractivity contribution in [3.05, 3.63) is 56.9 Å². The number of halogens is 3. The van der Waals surface area contributed by atoms with Crippen LogP contribution in [0.3, 0.4) is 0 Å². The minimum atomic E-state index is -2.58. The van der Waals surface area contributed by atoms with E-state index in [0.29, 0.717) is 5.69 Å². The second-order valence-corrected chi connectivity index (χ2v) is 6.93. The summed E-state index contributed by atoms with van der Waals surface area (Å²) >= 11 is 3.43. The van der Waals surface area contributed by atoms with Gasteiger partial charge in [-0.3, -0.25) is 9.69 Å². The van der Waals surface area contributed by atoms with Crippen molar-refractivity contribution in [2.45, 2.75) is 19.5 Å². The lowest BCUT2D eigenvalue weighted by atomic mass is 10.2. The average Bonchev–Trinajstić information content (AvgIpc) is 2.59. The Morgan fingerprint density at radius 3 is 2.40 bits per heavy atom. The highest BCUT2D eigenvalue weighted by Crippen LogP contribution is 2.16. The fourth-order valence-corrected chi connectivity index (χ4v) is 3.14. The molecule has 1 aliphatic heterocycles. The van der Waals surface area contributed by atoms with E-state index >= 15 is 0 Å². The van der Waals surface area contributed by atoms with E-state index in [2.05, 4.69) is 43.0 Å². The zero-order valence-corrected chi connectivity index (χ0v) is 15.2. The van der Waals surface area contributed by atoms with Crippen molar-refractivity contribution in [2.24, 2.45) is 0 Å². The minimum Gasteiger partial charge on any atom is -0.368 e. The molecule has 0 aliphatic carbocycles. The van der Waals surface area contributed by atoms with Crippen LogP contribution in [0, 0.1) is 0 Å². The number of alkyl halides is 2. The summed E-state index contributed by atoms with van der Waals surface area (Å²) in [5, 5.41) is 3.85. The molecule has 3 rings (SSSR count). The quantitative estimate of drug-likeness (QED) is 0.756. The molecule has 1 fully saturated rings. The third kappa shape index (κ3) is 4.85. The number of hydrogen-bond acceptors (Lipinski definition) is 4. The topological polar surface area (TPSA) is 41.4 Å². The van der Waals surface area contributed by atoms with Crippen molar-refractivity contribution >= 4 is 21.6 Å². The number of hydrogen-bond donors (Lipinski definition) is 0. The third-order valence-corrected chi connectivity index (χ3v) is 4.75. The Morgan fingerprint density at radius 1 is 1.12 bits per heavy atom. The molecule has 8 heteroatoms. The molecular weight excluding hydrogens is 394 g/mol. The zero-order chi connectivity index (χ0) is 17.8. The van der Waals surface area contributed by atoms with Crippen LogP contribution in [0.1, 0.15) is 5.56 Å². The van der Waals surface area contributed by atoms with Crippen LogP contribution in [-0.2, 0) is 13.1 Å². The summed E-state index contributed by atoms with van der Waals surface area (Å²) in [7, 11) is 0. The lowest BCUT2D eigenvalue weighted by molar-refractivity contribution is 0.119. The van der Waals surface area contributed by atoms with Gasteiger partial charge in [-0.2, -0.15) is 5.10 Å². The summed E-state index contributed by atoms with van der Waals surface area (Å²) in [6.07, 6.45) is -1.09. The highest BCUT2D eigenvalue weighted by Gasteiger charge is 2.18. The zero-order valence-electron chi connectivity index (χ0n) is 13.6. The number of anilines is 1. The first-order chi connectivity index (χ1) is 12.0. The van der Waals surface area contributed by atoms with Gasteiger partial charge in [-0.05, 0) is 17.7 Å². The van der Waals surface area contributed by atoms with Crippen molar-refractivity contribution in [1.29, 1.82) is 0 Å². The van der Waals surface area contributed by atoms with Crippen LogP contribution < -0.4 is 10.5 Å². The van der Waals surface area contributed by atoms with Crippen molar-refractivity contribution in [3.63, 3.8) is 0 Å². The Morgan fingerprint density at radius 2 is 1.80 bits per heavy atom. The first-order valence-electron chi connectivity index (χ1n) is 8.08. The molecule has 2 aromatic rings. The first-order valence-corrected chi connectivity index (χ1v) is 8.87. The normalized spacial score (nSPS) is 15.8. The van der Waals surface area contributed by atoms with Crippen LogP contribution in [0.15, 0.2) is 45.8 Å². The van der Waals surface area contributed by atoms with E-state index in [-0.39, 0.29) is 0 Å².